The molecule has 1 aromatic carbocycles. The summed E-state index contributed by atoms with van der Waals surface area (Å²) in [4.78, 5) is 59.6. The predicted octanol–water partition coefficient (Wildman–Crippen LogP) is 6.67. The van der Waals surface area contributed by atoms with Crippen molar-refractivity contribution >= 4 is 56.1 Å². The lowest BCUT2D eigenvalue weighted by Gasteiger charge is -2.28. The van der Waals surface area contributed by atoms with E-state index in [1.165, 1.54) is 11.3 Å². The highest BCUT2D eigenvalue weighted by molar-refractivity contribution is 7.22. The zero-order valence-electron chi connectivity index (χ0n) is 25.7. The molecule has 1 unspecified atom stereocenters. The van der Waals surface area contributed by atoms with Crippen LogP contribution in [0.15, 0.2) is 12.1 Å². The van der Waals surface area contributed by atoms with Crippen molar-refractivity contribution in [1.82, 2.24) is 15.3 Å². The van der Waals surface area contributed by atoms with E-state index in [2.05, 4.69) is 25.9 Å². The Hall–Kier alpha value is -3.73. The molecule has 0 spiro atoms. The van der Waals surface area contributed by atoms with Crippen molar-refractivity contribution in [3.05, 3.63) is 40.2 Å². The average Bonchev–Trinajstić information content (AvgIpc) is 3.39. The van der Waals surface area contributed by atoms with Crippen LogP contribution in [-0.4, -0.2) is 45.3 Å². The fourth-order valence-corrected chi connectivity index (χ4v) is 6.28. The Bertz CT molecular complexity index is 1540. The molecule has 2 heterocycles. The van der Waals surface area contributed by atoms with E-state index in [1.54, 1.807) is 33.8 Å². The first kappa shape index (κ1) is 31.2. The smallest absolute Gasteiger partial charge is 0.413 e. The number of aryl methyl sites for hydroxylation is 1. The van der Waals surface area contributed by atoms with Crippen molar-refractivity contribution in [2.45, 2.75) is 99.1 Å². The first-order valence-corrected chi connectivity index (χ1v) is 15.2. The summed E-state index contributed by atoms with van der Waals surface area (Å²) in [6.45, 7) is 15.1. The number of nitrogens with one attached hydrogen (secondary N) is 4. The Kier molecular flexibility index (Phi) is 8.82. The van der Waals surface area contributed by atoms with E-state index in [0.29, 0.717) is 52.4 Å². The highest BCUT2D eigenvalue weighted by Crippen LogP contribution is 2.37. The fourth-order valence-electron chi connectivity index (χ4n) is 5.31. The number of rotatable bonds is 8. The van der Waals surface area contributed by atoms with E-state index in [0.717, 1.165) is 28.8 Å². The van der Waals surface area contributed by atoms with Crippen LogP contribution in [0.1, 0.15) is 105 Å². The molecule has 0 saturated heterocycles. The molecule has 1 aliphatic rings. The number of amides is 3. The quantitative estimate of drug-likeness (QED) is 0.229. The van der Waals surface area contributed by atoms with Crippen LogP contribution in [0.3, 0.4) is 0 Å². The number of hydrogen-bond donors (Lipinski definition) is 4. The Morgan fingerprint density at radius 3 is 2.52 bits per heavy atom. The van der Waals surface area contributed by atoms with E-state index >= 15 is 0 Å². The highest BCUT2D eigenvalue weighted by atomic mass is 32.1. The van der Waals surface area contributed by atoms with Crippen LogP contribution in [-0.2, 0) is 16.0 Å². The molecular weight excluding hydrogens is 554 g/mol. The minimum atomic E-state index is -0.772. The third-order valence-corrected chi connectivity index (χ3v) is 8.07. The van der Waals surface area contributed by atoms with Gasteiger partial charge in [-0.2, -0.15) is 0 Å². The van der Waals surface area contributed by atoms with Crippen molar-refractivity contribution in [2.75, 3.05) is 10.6 Å². The van der Waals surface area contributed by atoms with Gasteiger partial charge >= 0.3 is 6.09 Å². The lowest BCUT2D eigenvalue weighted by atomic mass is 9.75. The van der Waals surface area contributed by atoms with Gasteiger partial charge in [-0.25, -0.2) is 9.78 Å². The van der Waals surface area contributed by atoms with Gasteiger partial charge in [0.05, 0.1) is 10.2 Å². The first-order chi connectivity index (χ1) is 19.6. The number of carbonyl (C=O) groups excluding carboxylic acids is 4. The molecule has 0 aliphatic heterocycles. The minimum absolute atomic E-state index is 0.0348. The van der Waals surface area contributed by atoms with Gasteiger partial charge in [-0.15, -0.1) is 0 Å². The van der Waals surface area contributed by atoms with Crippen molar-refractivity contribution in [3.63, 3.8) is 0 Å². The van der Waals surface area contributed by atoms with Gasteiger partial charge in [0, 0.05) is 23.4 Å². The molecule has 0 saturated carbocycles. The first-order valence-electron chi connectivity index (χ1n) is 14.3. The number of anilines is 2. The van der Waals surface area contributed by atoms with Crippen molar-refractivity contribution in [2.24, 2.45) is 5.41 Å². The number of carbonyl (C=O) groups is 4. The number of Topliss-reactive ketones (excluding diaryl/α,β-unsaturated/α-hetero) is 1. The molecule has 10 nitrogen and oxygen atoms in total. The molecule has 1 aliphatic carbocycles. The summed E-state index contributed by atoms with van der Waals surface area (Å²) in [5, 5.41) is 8.92. The molecule has 0 bridgehead atoms. The van der Waals surface area contributed by atoms with Crippen LogP contribution in [0.4, 0.5) is 15.6 Å². The molecule has 4 rings (SSSR count). The fraction of sp³-hybridized carbons (Fsp3) is 0.516. The van der Waals surface area contributed by atoms with Crippen LogP contribution in [0, 0.1) is 19.3 Å². The molecule has 4 N–H and O–H groups in total. The van der Waals surface area contributed by atoms with Gasteiger partial charge in [-0.05, 0) is 76.1 Å². The summed E-state index contributed by atoms with van der Waals surface area (Å²) in [5.41, 5.74) is 3.62. The van der Waals surface area contributed by atoms with E-state index in [9.17, 15) is 19.2 Å². The zero-order valence-corrected chi connectivity index (χ0v) is 26.5. The van der Waals surface area contributed by atoms with Gasteiger partial charge in [0.25, 0.3) is 5.91 Å². The normalized spacial score (nSPS) is 15.2. The summed E-state index contributed by atoms with van der Waals surface area (Å²) in [6, 6.07) is 2.84. The van der Waals surface area contributed by atoms with Gasteiger partial charge in [0.2, 0.25) is 5.91 Å². The van der Waals surface area contributed by atoms with E-state index in [1.807, 2.05) is 33.8 Å². The number of ether oxygens (including phenoxy) is 1. The molecule has 42 heavy (non-hydrogen) atoms. The van der Waals surface area contributed by atoms with Crippen LogP contribution >= 0.6 is 11.3 Å². The summed E-state index contributed by atoms with van der Waals surface area (Å²) < 4.78 is 6.10. The topological polar surface area (TPSA) is 142 Å². The third kappa shape index (κ3) is 7.18. The number of aromatic nitrogens is 2. The molecule has 1 atom stereocenters. The van der Waals surface area contributed by atoms with Crippen LogP contribution in [0.2, 0.25) is 0 Å². The molecular formula is C31H41N5O5S. The summed E-state index contributed by atoms with van der Waals surface area (Å²) >= 11 is 1.28. The molecule has 2 aromatic heterocycles. The molecule has 3 amide bonds. The molecule has 11 heteroatoms. The van der Waals surface area contributed by atoms with E-state index in [4.69, 9.17) is 4.74 Å². The number of hydrogen-bond acceptors (Lipinski definition) is 7. The molecule has 0 fully saturated rings. The predicted molar refractivity (Wildman–Crippen MR) is 166 cm³/mol. The maximum absolute atomic E-state index is 13.5. The maximum Gasteiger partial charge on any atom is 0.413 e. The van der Waals surface area contributed by atoms with Gasteiger partial charge in [0.15, 0.2) is 10.9 Å². The maximum atomic E-state index is 13.5. The lowest BCUT2D eigenvalue weighted by molar-refractivity contribution is -0.118. The van der Waals surface area contributed by atoms with Crippen molar-refractivity contribution in [3.8, 4) is 0 Å². The number of ketones is 1. The number of benzene rings is 1. The number of H-pyrrole nitrogens is 1. The number of thiazole rings is 1. The second-order valence-corrected chi connectivity index (χ2v) is 13.9. The van der Waals surface area contributed by atoms with E-state index < -0.39 is 23.6 Å². The lowest BCUT2D eigenvalue weighted by Crippen LogP contribution is -2.44. The Morgan fingerprint density at radius 2 is 1.86 bits per heavy atom. The second-order valence-electron chi connectivity index (χ2n) is 12.9. The highest BCUT2D eigenvalue weighted by Gasteiger charge is 2.35. The van der Waals surface area contributed by atoms with Gasteiger partial charge in [-0.1, -0.05) is 44.9 Å². The van der Waals surface area contributed by atoms with Crippen molar-refractivity contribution in [1.29, 1.82) is 0 Å². The van der Waals surface area contributed by atoms with Crippen molar-refractivity contribution < 1.29 is 23.9 Å². The largest absolute Gasteiger partial charge is 0.444 e. The number of nitrogens with zero attached hydrogens (tertiary/aromatic N) is 1. The summed E-state index contributed by atoms with van der Waals surface area (Å²) in [7, 11) is 0. The SMILES string of the molecule is CCCCC(NC(=O)c1[nH]c2c(c1C)C(=O)CC(C)(C)C2)C(=O)Nc1cc(C)c2nc(NC(=O)OC(C)(C)C)sc2c1. The standard InChI is InChI=1S/C31H41N5O5S/c1-9-10-11-19(34-27(39)25-17(3)23-20(33-25)14-31(7,8)15-21(23)37)26(38)32-18-12-16(2)24-22(13-18)42-28(35-24)36-29(40)41-30(4,5)6/h12-13,19,33H,9-11,14-15H2,1-8H3,(H,32,38)(H,34,39)(H,35,36,40). The molecule has 0 radical (unpaired) electrons. The zero-order chi connectivity index (χ0) is 31.0. The van der Waals surface area contributed by atoms with E-state index in [-0.39, 0.29) is 17.1 Å². The minimum Gasteiger partial charge on any atom is -0.444 e. The monoisotopic (exact) mass is 595 g/mol. The second kappa shape index (κ2) is 11.9. The Balaban J connectivity index is 1.51. The summed E-state index contributed by atoms with van der Waals surface area (Å²) in [5.74, 6) is -0.707. The molecule has 3 aromatic rings. The van der Waals surface area contributed by atoms with Crippen LogP contribution < -0.4 is 16.0 Å². The van der Waals surface area contributed by atoms with Crippen LogP contribution in [0.5, 0.6) is 0 Å². The average molecular weight is 596 g/mol. The molecule has 226 valence electrons. The Labute approximate surface area is 250 Å². The number of fused-ring (bicyclic) bond motifs is 2. The van der Waals surface area contributed by atoms with Gasteiger partial charge < -0.3 is 20.4 Å². The van der Waals surface area contributed by atoms with Gasteiger partial charge in [-0.3, -0.25) is 19.7 Å². The Morgan fingerprint density at radius 1 is 1.14 bits per heavy atom. The summed E-state index contributed by atoms with van der Waals surface area (Å²) in [6.07, 6.45) is 2.59. The number of unbranched alkanes of at least 4 members (excludes halogenated alkanes) is 1. The number of aromatic amines is 1. The third-order valence-electron chi connectivity index (χ3n) is 7.16. The van der Waals surface area contributed by atoms with Gasteiger partial charge in [0.1, 0.15) is 17.3 Å². The van der Waals surface area contributed by atoms with Crippen LogP contribution in [0.25, 0.3) is 10.2 Å².